The second-order valence-corrected chi connectivity index (χ2v) is 7.79. The molecule has 1 nitrogen and oxygen atoms in total. The number of hydrogen-bond donors (Lipinski definition) is 1. The lowest BCUT2D eigenvalue weighted by atomic mass is 10.0. The summed E-state index contributed by atoms with van der Waals surface area (Å²) in [4.78, 5) is 0. The van der Waals surface area contributed by atoms with Crippen LogP contribution in [0.3, 0.4) is 0 Å². The maximum Gasteiger partial charge on any atom is 0.0431 e. The lowest BCUT2D eigenvalue weighted by Crippen LogP contribution is -1.85. The van der Waals surface area contributed by atoms with E-state index in [-0.39, 0.29) is 0 Å². The van der Waals surface area contributed by atoms with Crippen molar-refractivity contribution in [1.82, 2.24) is 0 Å². The van der Waals surface area contributed by atoms with E-state index in [0.29, 0.717) is 6.61 Å². The zero-order chi connectivity index (χ0) is 17.6. The van der Waals surface area contributed by atoms with Crippen LogP contribution in [0.4, 0.5) is 0 Å². The fourth-order valence-electron chi connectivity index (χ4n) is 3.54. The summed E-state index contributed by atoms with van der Waals surface area (Å²) >= 11 is 0. The lowest BCUT2D eigenvalue weighted by molar-refractivity contribution is 0.282. The highest BCUT2D eigenvalue weighted by Crippen LogP contribution is 2.14. The molecule has 0 aromatic heterocycles. The average Bonchev–Trinajstić information content (AvgIpc) is 2.60. The van der Waals surface area contributed by atoms with Gasteiger partial charge < -0.3 is 5.11 Å². The minimum atomic E-state index is 0.374. The van der Waals surface area contributed by atoms with Crippen molar-refractivity contribution < 1.29 is 5.11 Å². The Bertz CT molecular complexity index is 180. The van der Waals surface area contributed by atoms with E-state index in [1.165, 1.54) is 128 Å². The Labute approximate surface area is 154 Å². The predicted octanol–water partition coefficient (Wildman–Crippen LogP) is 8.19. The fourth-order valence-corrected chi connectivity index (χ4v) is 3.54. The van der Waals surface area contributed by atoms with Gasteiger partial charge in [0.15, 0.2) is 0 Å². The summed E-state index contributed by atoms with van der Waals surface area (Å²) in [6.45, 7) is 2.67. The van der Waals surface area contributed by atoms with Gasteiger partial charge in [0.25, 0.3) is 0 Å². The summed E-state index contributed by atoms with van der Waals surface area (Å²) in [7, 11) is 0. The van der Waals surface area contributed by atoms with Gasteiger partial charge in [-0.25, -0.2) is 0 Å². The maximum atomic E-state index is 8.72. The molecular weight excluding hydrogens is 292 g/mol. The Kier molecular flexibility index (Phi) is 22.9. The van der Waals surface area contributed by atoms with Gasteiger partial charge in [-0.1, -0.05) is 135 Å². The smallest absolute Gasteiger partial charge is 0.0431 e. The number of rotatable bonds is 21. The van der Waals surface area contributed by atoms with Gasteiger partial charge in [0.1, 0.15) is 0 Å². The van der Waals surface area contributed by atoms with Gasteiger partial charge >= 0.3 is 0 Å². The standard InChI is InChI=1S/C23H48O/c1-2-3-4-5-6-7-8-9-10-11-12-13-14-15-16-17-18-19-20-21-22-23-24/h24H,2-23H2,1H3. The fraction of sp³-hybridized carbons (Fsp3) is 1.00. The molecule has 0 aliphatic rings. The van der Waals surface area contributed by atoms with Crippen molar-refractivity contribution in [3.8, 4) is 0 Å². The van der Waals surface area contributed by atoms with E-state index in [1.54, 1.807) is 0 Å². The molecule has 0 radical (unpaired) electrons. The molecule has 0 amide bonds. The van der Waals surface area contributed by atoms with E-state index in [0.717, 1.165) is 6.42 Å². The van der Waals surface area contributed by atoms with Gasteiger partial charge in [-0.05, 0) is 6.42 Å². The second kappa shape index (κ2) is 23.0. The van der Waals surface area contributed by atoms with Crippen LogP contribution in [0, 0.1) is 0 Å². The third-order valence-corrected chi connectivity index (χ3v) is 5.26. The molecule has 0 heterocycles. The molecule has 0 aromatic carbocycles. The van der Waals surface area contributed by atoms with Crippen LogP contribution in [0.1, 0.15) is 142 Å². The first-order chi connectivity index (χ1) is 11.9. The molecule has 0 rings (SSSR count). The Morgan fingerprint density at radius 1 is 0.333 bits per heavy atom. The van der Waals surface area contributed by atoms with Crippen LogP contribution in [-0.4, -0.2) is 11.7 Å². The van der Waals surface area contributed by atoms with Crippen molar-refractivity contribution in [2.45, 2.75) is 142 Å². The molecule has 0 saturated carbocycles. The van der Waals surface area contributed by atoms with E-state index < -0.39 is 0 Å². The number of unbranched alkanes of at least 4 members (excludes halogenated alkanes) is 20. The van der Waals surface area contributed by atoms with E-state index >= 15 is 0 Å². The Balaban J connectivity index is 2.93. The first-order valence-electron chi connectivity index (χ1n) is 11.5. The largest absolute Gasteiger partial charge is 0.396 e. The number of hydrogen-bond acceptors (Lipinski definition) is 1. The van der Waals surface area contributed by atoms with Crippen molar-refractivity contribution in [1.29, 1.82) is 0 Å². The molecule has 0 aliphatic heterocycles. The SMILES string of the molecule is CCCCCCCCCCCCCCCCCCCCCCCO. The van der Waals surface area contributed by atoms with Crippen LogP contribution >= 0.6 is 0 Å². The highest BCUT2D eigenvalue weighted by atomic mass is 16.2. The van der Waals surface area contributed by atoms with Gasteiger partial charge in [-0.2, -0.15) is 0 Å². The van der Waals surface area contributed by atoms with Crippen molar-refractivity contribution in [3.05, 3.63) is 0 Å². The van der Waals surface area contributed by atoms with Crippen LogP contribution in [0.15, 0.2) is 0 Å². The summed E-state index contributed by atoms with van der Waals surface area (Å²) in [6.07, 6.45) is 29.6. The summed E-state index contributed by atoms with van der Waals surface area (Å²) in [6, 6.07) is 0. The number of aliphatic hydroxyl groups is 1. The summed E-state index contributed by atoms with van der Waals surface area (Å²) in [5.41, 5.74) is 0. The Morgan fingerprint density at radius 2 is 0.542 bits per heavy atom. The number of aliphatic hydroxyl groups excluding tert-OH is 1. The van der Waals surface area contributed by atoms with Gasteiger partial charge in [-0.15, -0.1) is 0 Å². The van der Waals surface area contributed by atoms with Crippen LogP contribution in [0.5, 0.6) is 0 Å². The summed E-state index contributed by atoms with van der Waals surface area (Å²) < 4.78 is 0. The van der Waals surface area contributed by atoms with Crippen LogP contribution in [0.2, 0.25) is 0 Å². The van der Waals surface area contributed by atoms with Gasteiger partial charge in [0.05, 0.1) is 0 Å². The minimum Gasteiger partial charge on any atom is -0.396 e. The second-order valence-electron chi connectivity index (χ2n) is 7.79. The van der Waals surface area contributed by atoms with E-state index in [1.807, 2.05) is 0 Å². The lowest BCUT2D eigenvalue weighted by Gasteiger charge is -2.04. The molecule has 1 N–H and O–H groups in total. The van der Waals surface area contributed by atoms with Crippen LogP contribution in [-0.2, 0) is 0 Å². The molecule has 0 spiro atoms. The van der Waals surface area contributed by atoms with Crippen molar-refractivity contribution in [3.63, 3.8) is 0 Å². The molecule has 0 atom stereocenters. The molecule has 0 bridgehead atoms. The van der Waals surface area contributed by atoms with Crippen molar-refractivity contribution in [2.75, 3.05) is 6.61 Å². The Hall–Kier alpha value is -0.0400. The van der Waals surface area contributed by atoms with Crippen LogP contribution < -0.4 is 0 Å². The first kappa shape index (κ1) is 24.0. The van der Waals surface area contributed by atoms with E-state index in [4.69, 9.17) is 5.11 Å². The zero-order valence-corrected chi connectivity index (χ0v) is 17.0. The van der Waals surface area contributed by atoms with Crippen LogP contribution in [0.25, 0.3) is 0 Å². The van der Waals surface area contributed by atoms with Gasteiger partial charge in [0.2, 0.25) is 0 Å². The molecule has 0 unspecified atom stereocenters. The molecule has 0 fully saturated rings. The quantitative estimate of drug-likeness (QED) is 0.209. The molecule has 0 aliphatic carbocycles. The maximum absolute atomic E-state index is 8.72. The highest BCUT2D eigenvalue weighted by Gasteiger charge is 1.95. The third-order valence-electron chi connectivity index (χ3n) is 5.26. The minimum absolute atomic E-state index is 0.374. The molecule has 0 aromatic rings. The summed E-state index contributed by atoms with van der Waals surface area (Å²) in [5, 5.41) is 8.72. The molecule has 1 heteroatoms. The molecular formula is C23H48O. The predicted molar refractivity (Wildman–Crippen MR) is 110 cm³/mol. The summed E-state index contributed by atoms with van der Waals surface area (Å²) in [5.74, 6) is 0. The molecule has 146 valence electrons. The monoisotopic (exact) mass is 340 g/mol. The Morgan fingerprint density at radius 3 is 0.750 bits per heavy atom. The van der Waals surface area contributed by atoms with Crippen molar-refractivity contribution in [2.24, 2.45) is 0 Å². The molecule has 24 heavy (non-hydrogen) atoms. The normalized spacial score (nSPS) is 11.2. The van der Waals surface area contributed by atoms with Crippen molar-refractivity contribution >= 4 is 0 Å². The van der Waals surface area contributed by atoms with Gasteiger partial charge in [-0.3, -0.25) is 0 Å². The third kappa shape index (κ3) is 22.0. The highest BCUT2D eigenvalue weighted by molar-refractivity contribution is 4.50. The van der Waals surface area contributed by atoms with Gasteiger partial charge in [0, 0.05) is 6.61 Å². The van der Waals surface area contributed by atoms with E-state index in [9.17, 15) is 0 Å². The zero-order valence-electron chi connectivity index (χ0n) is 17.0. The van der Waals surface area contributed by atoms with E-state index in [2.05, 4.69) is 6.92 Å². The first-order valence-corrected chi connectivity index (χ1v) is 11.5. The average molecular weight is 341 g/mol. The topological polar surface area (TPSA) is 20.2 Å². The molecule has 0 saturated heterocycles.